The molecule has 0 aliphatic carbocycles. The van der Waals surface area contributed by atoms with E-state index in [0.717, 1.165) is 58.6 Å². The maximum absolute atomic E-state index is 11.4. The van der Waals surface area contributed by atoms with Crippen LogP contribution in [0.1, 0.15) is 112 Å². The fraction of sp³-hybridized carbons (Fsp3) is 0.964. The molecule has 1 aliphatic heterocycles. The van der Waals surface area contributed by atoms with E-state index in [1.807, 2.05) is 13.8 Å². The average Bonchev–Trinajstić information content (AvgIpc) is 2.77. The Balaban J connectivity index is 0.000000647. The van der Waals surface area contributed by atoms with E-state index in [4.69, 9.17) is 9.84 Å². The van der Waals surface area contributed by atoms with Crippen molar-refractivity contribution in [1.82, 2.24) is 9.80 Å². The molecule has 1 rings (SSSR count). The second-order valence-electron chi connectivity index (χ2n) is 10.8. The molecule has 0 aromatic heterocycles. The molecule has 5 nitrogen and oxygen atoms in total. The molecule has 0 saturated carbocycles. The van der Waals surface area contributed by atoms with Gasteiger partial charge in [0.2, 0.25) is 0 Å². The first kappa shape index (κ1) is 32.5. The van der Waals surface area contributed by atoms with Crippen LogP contribution in [0.4, 0.5) is 0 Å². The topological polar surface area (TPSA) is 53.0 Å². The highest BCUT2D eigenvalue weighted by Gasteiger charge is 2.17. The Morgan fingerprint density at radius 3 is 1.91 bits per heavy atom. The summed E-state index contributed by atoms with van der Waals surface area (Å²) >= 11 is 0. The molecule has 0 atom stereocenters. The summed E-state index contributed by atoms with van der Waals surface area (Å²) in [5.41, 5.74) is -0.159. The van der Waals surface area contributed by atoms with Crippen LogP contribution in [0.15, 0.2) is 0 Å². The summed E-state index contributed by atoms with van der Waals surface area (Å²) in [7, 11) is 2.15. The number of rotatable bonds is 18. The molecule has 0 amide bonds. The third-order valence-electron chi connectivity index (χ3n) is 6.62. The van der Waals surface area contributed by atoms with Gasteiger partial charge in [-0.15, -0.1) is 0 Å². The zero-order valence-corrected chi connectivity index (χ0v) is 23.2. The molecule has 1 N–H and O–H groups in total. The molecule has 1 saturated heterocycles. The number of hydrogen-bond donors (Lipinski definition) is 1. The zero-order chi connectivity index (χ0) is 25.0. The van der Waals surface area contributed by atoms with E-state index in [0.29, 0.717) is 5.78 Å². The van der Waals surface area contributed by atoms with Gasteiger partial charge in [0.05, 0.1) is 5.60 Å². The molecule has 0 unspecified atom stereocenters. The van der Waals surface area contributed by atoms with Gasteiger partial charge in [0, 0.05) is 58.3 Å². The molecular formula is C28H58N2O3. The molecule has 1 aliphatic rings. The van der Waals surface area contributed by atoms with Crippen molar-refractivity contribution in [3.05, 3.63) is 0 Å². The lowest BCUT2D eigenvalue weighted by molar-refractivity contribution is -0.122. The highest BCUT2D eigenvalue weighted by Crippen LogP contribution is 2.15. The summed E-state index contributed by atoms with van der Waals surface area (Å²) in [6.45, 7) is 16.8. The van der Waals surface area contributed by atoms with Gasteiger partial charge in [-0.25, -0.2) is 0 Å². The largest absolute Gasteiger partial charge is 0.396 e. The second kappa shape index (κ2) is 20.8. The lowest BCUT2D eigenvalue weighted by atomic mass is 10.1. The van der Waals surface area contributed by atoms with Crippen molar-refractivity contribution < 1.29 is 14.6 Å². The maximum Gasteiger partial charge on any atom is 0.136 e. The van der Waals surface area contributed by atoms with Crippen LogP contribution in [0.5, 0.6) is 0 Å². The van der Waals surface area contributed by atoms with Crippen molar-refractivity contribution in [3.63, 3.8) is 0 Å². The van der Waals surface area contributed by atoms with E-state index in [2.05, 4.69) is 37.6 Å². The predicted octanol–water partition coefficient (Wildman–Crippen LogP) is 5.93. The van der Waals surface area contributed by atoms with Gasteiger partial charge in [-0.2, -0.15) is 0 Å². The van der Waals surface area contributed by atoms with Crippen LogP contribution in [0.2, 0.25) is 0 Å². The lowest BCUT2D eigenvalue weighted by Gasteiger charge is -2.32. The number of carbonyl (C=O) groups excluding carboxylic acids is 1. The number of ketones is 1. The Morgan fingerprint density at radius 1 is 0.909 bits per heavy atom. The minimum Gasteiger partial charge on any atom is -0.396 e. The zero-order valence-electron chi connectivity index (χ0n) is 23.2. The molecule has 0 bridgehead atoms. The number of Topliss-reactive ketones (excluding diaryl/α,β-unsaturated/α-hetero) is 1. The van der Waals surface area contributed by atoms with Crippen molar-refractivity contribution in [1.29, 1.82) is 0 Å². The molecule has 198 valence electrons. The highest BCUT2D eigenvalue weighted by atomic mass is 16.5. The van der Waals surface area contributed by atoms with Gasteiger partial charge in [-0.1, -0.05) is 78.6 Å². The van der Waals surface area contributed by atoms with Crippen molar-refractivity contribution >= 4 is 5.78 Å². The minimum absolute atomic E-state index is 0.159. The number of aliphatic hydroxyl groups is 1. The van der Waals surface area contributed by atoms with Crippen LogP contribution in [0, 0.1) is 5.92 Å². The Kier molecular flexibility index (Phi) is 20.5. The van der Waals surface area contributed by atoms with Crippen molar-refractivity contribution in [3.8, 4) is 0 Å². The molecule has 0 radical (unpaired) electrons. The molecule has 0 spiro atoms. The summed E-state index contributed by atoms with van der Waals surface area (Å²) in [6.07, 6.45) is 15.0. The number of ether oxygens (including phenoxy) is 1. The minimum atomic E-state index is -0.159. The number of carbonyl (C=O) groups is 1. The predicted molar refractivity (Wildman–Crippen MR) is 142 cm³/mol. The average molecular weight is 471 g/mol. The number of hydrogen-bond acceptors (Lipinski definition) is 5. The Labute approximate surface area is 206 Å². The van der Waals surface area contributed by atoms with Crippen molar-refractivity contribution in [2.75, 3.05) is 53.0 Å². The third kappa shape index (κ3) is 20.6. The molecule has 5 heteroatoms. The summed E-state index contributed by atoms with van der Waals surface area (Å²) in [5, 5.41) is 8.90. The van der Waals surface area contributed by atoms with Gasteiger partial charge in [-0.3, -0.25) is 4.79 Å². The van der Waals surface area contributed by atoms with E-state index in [1.54, 1.807) is 0 Å². The van der Waals surface area contributed by atoms with Crippen molar-refractivity contribution in [2.45, 2.75) is 117 Å². The number of unbranched alkanes of at least 4 members (excludes halogenated alkanes) is 9. The van der Waals surface area contributed by atoms with E-state index in [9.17, 15) is 4.79 Å². The quantitative estimate of drug-likeness (QED) is 0.251. The van der Waals surface area contributed by atoms with Crippen LogP contribution in [-0.4, -0.2) is 79.3 Å². The third-order valence-corrected chi connectivity index (χ3v) is 6.62. The summed E-state index contributed by atoms with van der Waals surface area (Å²) in [6, 6.07) is 0. The maximum atomic E-state index is 11.4. The van der Waals surface area contributed by atoms with Gasteiger partial charge >= 0.3 is 0 Å². The Hall–Kier alpha value is -0.490. The van der Waals surface area contributed by atoms with E-state index < -0.39 is 0 Å². The van der Waals surface area contributed by atoms with E-state index in [-0.39, 0.29) is 18.1 Å². The number of piperazine rings is 1. The van der Waals surface area contributed by atoms with Gasteiger partial charge in [-0.05, 0) is 33.7 Å². The van der Waals surface area contributed by atoms with Gasteiger partial charge in [0.25, 0.3) is 0 Å². The standard InChI is InChI=1S/C17H36O2.C11H22N2O/c1-4-5-6-7-8-9-10-11-12-13-16-19-17(2,3)14-15-18;1-10(2)11(14)4-5-13-8-6-12(3)7-9-13/h18H,4-16H2,1-3H3;10H,4-9H2,1-3H3. The molecule has 1 fully saturated rings. The summed E-state index contributed by atoms with van der Waals surface area (Å²) < 4.78 is 5.78. The van der Waals surface area contributed by atoms with Gasteiger partial charge < -0.3 is 19.6 Å². The first-order valence-corrected chi connectivity index (χ1v) is 13.9. The first-order valence-electron chi connectivity index (χ1n) is 13.9. The lowest BCUT2D eigenvalue weighted by Crippen LogP contribution is -2.45. The van der Waals surface area contributed by atoms with Crippen LogP contribution >= 0.6 is 0 Å². The molecule has 33 heavy (non-hydrogen) atoms. The Bertz CT molecular complexity index is 446. The van der Waals surface area contributed by atoms with Crippen LogP contribution in [0.3, 0.4) is 0 Å². The fourth-order valence-corrected chi connectivity index (χ4v) is 3.91. The molecule has 1 heterocycles. The second-order valence-corrected chi connectivity index (χ2v) is 10.8. The molecule has 0 aromatic rings. The monoisotopic (exact) mass is 470 g/mol. The first-order chi connectivity index (χ1) is 15.7. The van der Waals surface area contributed by atoms with E-state index >= 15 is 0 Å². The fourth-order valence-electron chi connectivity index (χ4n) is 3.91. The van der Waals surface area contributed by atoms with E-state index in [1.165, 1.54) is 57.8 Å². The normalized spacial score (nSPS) is 15.5. The summed E-state index contributed by atoms with van der Waals surface area (Å²) in [5.74, 6) is 0.589. The smallest absolute Gasteiger partial charge is 0.136 e. The Morgan fingerprint density at radius 2 is 1.42 bits per heavy atom. The highest BCUT2D eigenvalue weighted by molar-refractivity contribution is 5.80. The van der Waals surface area contributed by atoms with Crippen LogP contribution in [0.25, 0.3) is 0 Å². The number of likely N-dealkylation sites (N-methyl/N-ethyl adjacent to an activating group) is 1. The summed E-state index contributed by atoms with van der Waals surface area (Å²) in [4.78, 5) is 16.1. The van der Waals surface area contributed by atoms with Gasteiger partial charge in [0.1, 0.15) is 5.78 Å². The molecule has 0 aromatic carbocycles. The van der Waals surface area contributed by atoms with Crippen LogP contribution in [-0.2, 0) is 9.53 Å². The van der Waals surface area contributed by atoms with Crippen molar-refractivity contribution in [2.24, 2.45) is 5.92 Å². The number of aliphatic hydroxyl groups excluding tert-OH is 1. The molecular weight excluding hydrogens is 412 g/mol. The van der Waals surface area contributed by atoms with Crippen LogP contribution < -0.4 is 0 Å². The SMILES string of the molecule is CC(C)C(=O)CCN1CCN(C)CC1.CCCCCCCCCCCCOC(C)(C)CCO. The van der Waals surface area contributed by atoms with Gasteiger partial charge in [0.15, 0.2) is 0 Å². The number of nitrogens with zero attached hydrogens (tertiary/aromatic N) is 2.